The van der Waals surface area contributed by atoms with Gasteiger partial charge in [0.1, 0.15) is 0 Å². The van der Waals surface area contributed by atoms with Crippen molar-refractivity contribution in [3.63, 3.8) is 0 Å². The summed E-state index contributed by atoms with van der Waals surface area (Å²) in [4.78, 5) is 2.87. The molecule has 102 valence electrons. The highest BCUT2D eigenvalue weighted by Gasteiger charge is 2.34. The monoisotopic (exact) mass is 286 g/mol. The van der Waals surface area contributed by atoms with Crippen LogP contribution in [0.15, 0.2) is 18.2 Å². The first-order valence-corrected chi connectivity index (χ1v) is 6.57. The van der Waals surface area contributed by atoms with Crippen LogP contribution < -0.4 is 0 Å². The maximum absolute atomic E-state index is 12.6. The number of halogens is 3. The van der Waals surface area contributed by atoms with Gasteiger partial charge in [0, 0.05) is 6.54 Å². The maximum Gasteiger partial charge on any atom is 0.416 e. The fraction of sp³-hybridized carbons (Fsp3) is 0.462. The molecule has 0 bridgehead atoms. The summed E-state index contributed by atoms with van der Waals surface area (Å²) < 4.78 is 40.3. The molecule has 1 saturated carbocycles. The van der Waals surface area contributed by atoms with Gasteiger partial charge in [0.2, 0.25) is 0 Å². The van der Waals surface area contributed by atoms with Crippen LogP contribution in [0.1, 0.15) is 18.9 Å². The first kappa shape index (κ1) is 12.7. The minimum atomic E-state index is -4.32. The van der Waals surface area contributed by atoms with Crippen molar-refractivity contribution in [1.82, 2.24) is 9.55 Å². The lowest BCUT2D eigenvalue weighted by molar-refractivity contribution is -0.137. The molecule has 0 spiro atoms. The molecule has 0 amide bonds. The average Bonchev–Trinajstić information content (AvgIpc) is 2.91. The Morgan fingerprint density at radius 3 is 2.68 bits per heavy atom. The summed E-state index contributed by atoms with van der Waals surface area (Å²) in [5.74, 6) is 1.27. The van der Waals surface area contributed by atoms with Crippen molar-refractivity contribution in [3.8, 4) is 0 Å². The lowest BCUT2D eigenvalue weighted by Gasteiger charge is -2.07. The van der Waals surface area contributed by atoms with Gasteiger partial charge in [-0.1, -0.05) is 6.92 Å². The molecule has 1 heterocycles. The number of nitrogens with zero attached hydrogens (tertiary/aromatic N) is 1. The zero-order valence-electron chi connectivity index (χ0n) is 10.3. The maximum atomic E-state index is 12.6. The molecule has 2 atom stereocenters. The van der Waals surface area contributed by atoms with Crippen molar-refractivity contribution in [1.29, 1.82) is 0 Å². The van der Waals surface area contributed by atoms with Crippen molar-refractivity contribution < 1.29 is 13.2 Å². The molecule has 0 aliphatic heterocycles. The van der Waals surface area contributed by atoms with Gasteiger partial charge in [0.25, 0.3) is 0 Å². The Morgan fingerprint density at radius 2 is 2.11 bits per heavy atom. The third kappa shape index (κ3) is 2.29. The Kier molecular flexibility index (Phi) is 2.74. The molecule has 3 rings (SSSR count). The summed E-state index contributed by atoms with van der Waals surface area (Å²) >= 11 is 5.20. The quantitative estimate of drug-likeness (QED) is 0.813. The van der Waals surface area contributed by atoms with Crippen LogP contribution in [0.25, 0.3) is 11.0 Å². The summed E-state index contributed by atoms with van der Waals surface area (Å²) in [5, 5.41) is 0. The van der Waals surface area contributed by atoms with Crippen molar-refractivity contribution in [2.24, 2.45) is 11.8 Å². The lowest BCUT2D eigenvalue weighted by Crippen LogP contribution is -2.05. The predicted molar refractivity (Wildman–Crippen MR) is 69.4 cm³/mol. The molecule has 2 nitrogen and oxygen atoms in total. The smallest absolute Gasteiger partial charge is 0.331 e. The largest absolute Gasteiger partial charge is 0.416 e. The normalized spacial score (nSPS) is 22.9. The second kappa shape index (κ2) is 4.10. The number of hydrogen-bond acceptors (Lipinski definition) is 1. The number of fused-ring (bicyclic) bond motifs is 1. The number of nitrogens with one attached hydrogen (secondary N) is 1. The highest BCUT2D eigenvalue weighted by atomic mass is 32.1. The molecule has 6 heteroatoms. The molecule has 1 fully saturated rings. The molecule has 2 aromatic rings. The van der Waals surface area contributed by atoms with E-state index in [-0.39, 0.29) is 0 Å². The third-order valence-corrected chi connectivity index (χ3v) is 4.12. The molecule has 1 aliphatic rings. The van der Waals surface area contributed by atoms with Crippen LogP contribution >= 0.6 is 12.2 Å². The van der Waals surface area contributed by atoms with Gasteiger partial charge in [-0.05, 0) is 48.7 Å². The summed E-state index contributed by atoms with van der Waals surface area (Å²) in [7, 11) is 0. The van der Waals surface area contributed by atoms with E-state index in [0.29, 0.717) is 22.1 Å². The zero-order valence-corrected chi connectivity index (χ0v) is 11.1. The van der Waals surface area contributed by atoms with Gasteiger partial charge in [-0.25, -0.2) is 0 Å². The highest BCUT2D eigenvalue weighted by molar-refractivity contribution is 7.71. The van der Waals surface area contributed by atoms with Crippen LogP contribution in [0, 0.1) is 16.6 Å². The van der Waals surface area contributed by atoms with E-state index < -0.39 is 11.7 Å². The van der Waals surface area contributed by atoms with E-state index in [1.165, 1.54) is 6.07 Å². The Morgan fingerprint density at radius 1 is 1.42 bits per heavy atom. The summed E-state index contributed by atoms with van der Waals surface area (Å²) in [6, 6.07) is 3.73. The van der Waals surface area contributed by atoms with Gasteiger partial charge < -0.3 is 9.55 Å². The molecular weight excluding hydrogens is 273 g/mol. The number of benzene rings is 1. The third-order valence-electron chi connectivity index (χ3n) is 3.79. The van der Waals surface area contributed by atoms with Gasteiger partial charge >= 0.3 is 6.18 Å². The van der Waals surface area contributed by atoms with Crippen molar-refractivity contribution >= 4 is 23.3 Å². The van der Waals surface area contributed by atoms with Gasteiger partial charge in [0.15, 0.2) is 4.77 Å². The molecule has 2 unspecified atom stereocenters. The van der Waals surface area contributed by atoms with E-state index in [0.717, 1.165) is 30.6 Å². The second-order valence-corrected chi connectivity index (χ2v) is 5.63. The first-order valence-electron chi connectivity index (χ1n) is 6.16. The number of hydrogen-bond donors (Lipinski definition) is 1. The highest BCUT2D eigenvalue weighted by Crippen LogP contribution is 2.40. The molecule has 19 heavy (non-hydrogen) atoms. The molecule has 1 aromatic heterocycles. The first-order chi connectivity index (χ1) is 8.86. The fourth-order valence-electron chi connectivity index (χ4n) is 2.41. The second-order valence-electron chi connectivity index (χ2n) is 5.24. The van der Waals surface area contributed by atoms with Gasteiger partial charge in [-0.3, -0.25) is 0 Å². The summed E-state index contributed by atoms with van der Waals surface area (Å²) in [5.41, 5.74) is 0.549. The van der Waals surface area contributed by atoms with Crippen molar-refractivity contribution in [2.45, 2.75) is 26.1 Å². The number of aromatic amines is 1. The number of rotatable bonds is 2. The van der Waals surface area contributed by atoms with Crippen LogP contribution in [0.3, 0.4) is 0 Å². The van der Waals surface area contributed by atoms with Gasteiger partial charge in [0.05, 0.1) is 16.6 Å². The van der Waals surface area contributed by atoms with Crippen LogP contribution in [0.2, 0.25) is 0 Å². The van der Waals surface area contributed by atoms with E-state index in [4.69, 9.17) is 12.2 Å². The fourth-order valence-corrected chi connectivity index (χ4v) is 2.69. The molecular formula is C13H13F3N2S. The number of H-pyrrole nitrogens is 1. The van der Waals surface area contributed by atoms with Crippen LogP contribution in [0.5, 0.6) is 0 Å². The summed E-state index contributed by atoms with van der Waals surface area (Å²) in [6.45, 7) is 2.95. The number of imidazole rings is 1. The molecule has 0 radical (unpaired) electrons. The average molecular weight is 286 g/mol. The van der Waals surface area contributed by atoms with Crippen LogP contribution in [-0.2, 0) is 12.7 Å². The minimum Gasteiger partial charge on any atom is -0.331 e. The van der Waals surface area contributed by atoms with Gasteiger partial charge in [-0.2, -0.15) is 13.2 Å². The molecule has 1 aromatic carbocycles. The SMILES string of the molecule is CC1CC1Cn1c(=S)[nH]c2cc(C(F)(F)F)ccc21. The Bertz CT molecular complexity index is 683. The Hall–Kier alpha value is -1.30. The van der Waals surface area contributed by atoms with E-state index in [1.807, 2.05) is 4.57 Å². The molecule has 1 N–H and O–H groups in total. The van der Waals surface area contributed by atoms with Crippen molar-refractivity contribution in [3.05, 3.63) is 28.5 Å². The standard InChI is InChI=1S/C13H13F3N2S/c1-7-4-8(7)6-18-11-3-2-9(13(14,15)16)5-10(11)17-12(18)19/h2-3,5,7-8H,4,6H2,1H3,(H,17,19). The van der Waals surface area contributed by atoms with E-state index in [9.17, 15) is 13.2 Å². The van der Waals surface area contributed by atoms with E-state index in [2.05, 4.69) is 11.9 Å². The Labute approximate surface area is 113 Å². The van der Waals surface area contributed by atoms with Crippen molar-refractivity contribution in [2.75, 3.05) is 0 Å². The number of alkyl halides is 3. The van der Waals surface area contributed by atoms with Crippen LogP contribution in [0.4, 0.5) is 13.2 Å². The minimum absolute atomic E-state index is 0.452. The molecule has 1 aliphatic carbocycles. The topological polar surface area (TPSA) is 20.7 Å². The van der Waals surface area contributed by atoms with Gasteiger partial charge in [-0.15, -0.1) is 0 Å². The predicted octanol–water partition coefficient (Wildman–Crippen LogP) is 4.37. The van der Waals surface area contributed by atoms with E-state index in [1.54, 1.807) is 0 Å². The number of aromatic nitrogens is 2. The lowest BCUT2D eigenvalue weighted by atomic mass is 10.2. The summed E-state index contributed by atoms with van der Waals surface area (Å²) in [6.07, 6.45) is -3.16. The Balaban J connectivity index is 2.05. The van der Waals surface area contributed by atoms with Crippen LogP contribution in [-0.4, -0.2) is 9.55 Å². The van der Waals surface area contributed by atoms with E-state index >= 15 is 0 Å². The zero-order chi connectivity index (χ0) is 13.8. The molecule has 0 saturated heterocycles.